The summed E-state index contributed by atoms with van der Waals surface area (Å²) in [6.07, 6.45) is 2.37. The monoisotopic (exact) mass is 217 g/mol. The average Bonchev–Trinajstić information content (AvgIpc) is 2.40. The molecule has 84 valence electrons. The number of amides is 1. The smallest absolute Gasteiger partial charge is 0.226 e. The third-order valence-corrected chi connectivity index (χ3v) is 3.06. The minimum atomic E-state index is 0.0351. The maximum atomic E-state index is 11.7. The Bertz CT molecular complexity index is 451. The van der Waals surface area contributed by atoms with Gasteiger partial charge in [0.05, 0.1) is 0 Å². The van der Waals surface area contributed by atoms with Crippen LogP contribution in [-0.4, -0.2) is 18.7 Å². The number of carbonyl (C=O) groups excluding carboxylic acids is 2. The minimum Gasteiger partial charge on any atom is -0.315 e. The zero-order valence-corrected chi connectivity index (χ0v) is 9.62. The molecule has 1 amide bonds. The third-order valence-electron chi connectivity index (χ3n) is 3.06. The van der Waals surface area contributed by atoms with E-state index in [0.29, 0.717) is 12.0 Å². The number of anilines is 1. The quantitative estimate of drug-likeness (QED) is 0.676. The molecule has 0 atom stereocenters. The molecule has 0 bridgehead atoms. The molecule has 0 spiro atoms. The van der Waals surface area contributed by atoms with Gasteiger partial charge in [-0.1, -0.05) is 12.1 Å². The molecule has 0 saturated carbocycles. The fraction of sp³-hybridized carbons (Fsp3) is 0.385. The molecule has 0 unspecified atom stereocenters. The van der Waals surface area contributed by atoms with E-state index in [2.05, 4.69) is 0 Å². The van der Waals surface area contributed by atoms with E-state index < -0.39 is 0 Å². The summed E-state index contributed by atoms with van der Waals surface area (Å²) < 4.78 is 0. The molecule has 3 heteroatoms. The van der Waals surface area contributed by atoms with Gasteiger partial charge in [0, 0.05) is 24.7 Å². The van der Waals surface area contributed by atoms with Gasteiger partial charge in [-0.05, 0) is 31.4 Å². The van der Waals surface area contributed by atoms with Crippen LogP contribution in [-0.2, 0) is 11.2 Å². The number of rotatable bonds is 1. The van der Waals surface area contributed by atoms with Crippen molar-refractivity contribution in [2.45, 2.75) is 26.2 Å². The van der Waals surface area contributed by atoms with E-state index in [1.54, 1.807) is 18.9 Å². The first-order valence-electron chi connectivity index (χ1n) is 5.50. The Labute approximate surface area is 95.1 Å². The molecule has 1 aliphatic heterocycles. The highest BCUT2D eigenvalue weighted by atomic mass is 16.2. The molecular formula is C13H15NO2. The largest absolute Gasteiger partial charge is 0.315 e. The topological polar surface area (TPSA) is 37.4 Å². The van der Waals surface area contributed by atoms with Gasteiger partial charge in [0.2, 0.25) is 5.91 Å². The van der Waals surface area contributed by atoms with E-state index in [9.17, 15) is 9.59 Å². The summed E-state index contributed by atoms with van der Waals surface area (Å²) in [5.74, 6) is 0.160. The molecule has 16 heavy (non-hydrogen) atoms. The highest BCUT2D eigenvalue weighted by Crippen LogP contribution is 2.27. The molecule has 2 rings (SSSR count). The molecule has 0 fully saturated rings. The van der Waals surface area contributed by atoms with E-state index in [-0.39, 0.29) is 11.7 Å². The molecule has 1 aromatic rings. The Morgan fingerprint density at radius 3 is 2.75 bits per heavy atom. The van der Waals surface area contributed by atoms with Crippen molar-refractivity contribution < 1.29 is 9.59 Å². The van der Waals surface area contributed by atoms with Gasteiger partial charge >= 0.3 is 0 Å². The number of carbonyl (C=O) groups is 2. The van der Waals surface area contributed by atoms with Crippen LogP contribution >= 0.6 is 0 Å². The van der Waals surface area contributed by atoms with Gasteiger partial charge in [0.15, 0.2) is 5.78 Å². The molecule has 1 heterocycles. The zero-order chi connectivity index (χ0) is 11.7. The second-order valence-corrected chi connectivity index (χ2v) is 4.21. The van der Waals surface area contributed by atoms with E-state index in [4.69, 9.17) is 0 Å². The molecular weight excluding hydrogens is 202 g/mol. The number of fused-ring (bicyclic) bond motifs is 1. The fourth-order valence-corrected chi connectivity index (χ4v) is 2.04. The lowest BCUT2D eigenvalue weighted by atomic mass is 10.0. The number of Topliss-reactive ketones (excluding diaryl/α,β-unsaturated/α-hetero) is 1. The summed E-state index contributed by atoms with van der Waals surface area (Å²) >= 11 is 0. The Hall–Kier alpha value is -1.64. The lowest BCUT2D eigenvalue weighted by Crippen LogP contribution is -2.25. The Balaban J connectivity index is 2.50. The Morgan fingerprint density at radius 2 is 2.06 bits per heavy atom. The number of ketones is 1. The number of aryl methyl sites for hydroxylation is 1. The van der Waals surface area contributed by atoms with E-state index in [1.807, 2.05) is 18.2 Å². The van der Waals surface area contributed by atoms with Crippen molar-refractivity contribution in [2.75, 3.05) is 11.9 Å². The molecule has 0 aliphatic carbocycles. The van der Waals surface area contributed by atoms with Crippen LogP contribution in [0.2, 0.25) is 0 Å². The molecule has 1 aliphatic rings. The minimum absolute atomic E-state index is 0.0351. The average molecular weight is 217 g/mol. The van der Waals surface area contributed by atoms with Crippen LogP contribution in [0.25, 0.3) is 0 Å². The lowest BCUT2D eigenvalue weighted by Gasteiger charge is -2.18. The predicted octanol–water partition coefficient (Wildman–Crippen LogP) is 2.19. The van der Waals surface area contributed by atoms with Gasteiger partial charge in [-0.15, -0.1) is 0 Å². The Morgan fingerprint density at radius 1 is 1.31 bits per heavy atom. The SMILES string of the molecule is CC(=O)c1ccc2c(c1)N(C)C(=O)CCC2. The van der Waals surface area contributed by atoms with E-state index in [1.165, 1.54) is 0 Å². The first-order valence-corrected chi connectivity index (χ1v) is 5.50. The van der Waals surface area contributed by atoms with Crippen LogP contribution in [0.5, 0.6) is 0 Å². The lowest BCUT2D eigenvalue weighted by molar-refractivity contribution is -0.118. The van der Waals surface area contributed by atoms with Gasteiger partial charge in [0.1, 0.15) is 0 Å². The van der Waals surface area contributed by atoms with Gasteiger partial charge in [-0.2, -0.15) is 0 Å². The van der Waals surface area contributed by atoms with Crippen molar-refractivity contribution in [3.8, 4) is 0 Å². The predicted molar refractivity (Wildman–Crippen MR) is 62.8 cm³/mol. The van der Waals surface area contributed by atoms with E-state index in [0.717, 1.165) is 24.1 Å². The first-order chi connectivity index (χ1) is 7.59. The van der Waals surface area contributed by atoms with Crippen molar-refractivity contribution in [3.63, 3.8) is 0 Å². The zero-order valence-electron chi connectivity index (χ0n) is 9.62. The molecule has 3 nitrogen and oxygen atoms in total. The first kappa shape index (κ1) is 10.9. The molecule has 0 aromatic heterocycles. The summed E-state index contributed by atoms with van der Waals surface area (Å²) in [7, 11) is 1.77. The summed E-state index contributed by atoms with van der Waals surface area (Å²) in [5, 5.41) is 0. The maximum Gasteiger partial charge on any atom is 0.226 e. The Kier molecular flexibility index (Phi) is 2.77. The summed E-state index contributed by atoms with van der Waals surface area (Å²) in [4.78, 5) is 24.7. The van der Waals surface area contributed by atoms with Crippen LogP contribution in [0.1, 0.15) is 35.7 Å². The standard InChI is InChI=1S/C13H15NO2/c1-9(15)11-7-6-10-4-3-5-13(16)14(2)12(10)8-11/h6-8H,3-5H2,1-2H3. The van der Waals surface area contributed by atoms with Crippen molar-refractivity contribution in [3.05, 3.63) is 29.3 Å². The number of hydrogen-bond donors (Lipinski definition) is 0. The summed E-state index contributed by atoms with van der Waals surface area (Å²) in [6.45, 7) is 1.54. The normalized spacial score (nSPS) is 15.6. The number of nitrogens with zero attached hydrogens (tertiary/aromatic N) is 1. The second kappa shape index (κ2) is 4.08. The van der Waals surface area contributed by atoms with Crippen LogP contribution in [0, 0.1) is 0 Å². The van der Waals surface area contributed by atoms with Crippen LogP contribution in [0.15, 0.2) is 18.2 Å². The maximum absolute atomic E-state index is 11.7. The van der Waals surface area contributed by atoms with Crippen molar-refractivity contribution >= 4 is 17.4 Å². The van der Waals surface area contributed by atoms with Crippen molar-refractivity contribution in [1.29, 1.82) is 0 Å². The van der Waals surface area contributed by atoms with Gasteiger partial charge < -0.3 is 4.90 Å². The van der Waals surface area contributed by atoms with Crippen LogP contribution in [0.3, 0.4) is 0 Å². The third kappa shape index (κ3) is 1.85. The molecule has 0 N–H and O–H groups in total. The van der Waals surface area contributed by atoms with Gasteiger partial charge in [-0.25, -0.2) is 0 Å². The van der Waals surface area contributed by atoms with Gasteiger partial charge in [-0.3, -0.25) is 9.59 Å². The second-order valence-electron chi connectivity index (χ2n) is 4.21. The summed E-state index contributed by atoms with van der Waals surface area (Å²) in [6, 6.07) is 5.62. The molecule has 1 aromatic carbocycles. The highest BCUT2D eigenvalue weighted by molar-refractivity contribution is 5.98. The van der Waals surface area contributed by atoms with Crippen LogP contribution < -0.4 is 4.90 Å². The highest BCUT2D eigenvalue weighted by Gasteiger charge is 2.19. The molecule has 0 saturated heterocycles. The number of benzene rings is 1. The van der Waals surface area contributed by atoms with E-state index >= 15 is 0 Å². The van der Waals surface area contributed by atoms with Crippen molar-refractivity contribution in [1.82, 2.24) is 0 Å². The fourth-order valence-electron chi connectivity index (χ4n) is 2.04. The number of hydrogen-bond acceptors (Lipinski definition) is 2. The molecule has 0 radical (unpaired) electrons. The van der Waals surface area contributed by atoms with Crippen LogP contribution in [0.4, 0.5) is 5.69 Å². The summed E-state index contributed by atoms with van der Waals surface area (Å²) in [5.41, 5.74) is 2.70. The van der Waals surface area contributed by atoms with Crippen molar-refractivity contribution in [2.24, 2.45) is 0 Å². The van der Waals surface area contributed by atoms with Gasteiger partial charge in [0.25, 0.3) is 0 Å².